The second-order valence-electron chi connectivity index (χ2n) is 8.54. The zero-order valence-corrected chi connectivity index (χ0v) is 27.3. The fourth-order valence-electron chi connectivity index (χ4n) is 3.49. The fourth-order valence-corrected chi connectivity index (χ4v) is 3.49. The van der Waals surface area contributed by atoms with Gasteiger partial charge < -0.3 is 31.1 Å². The number of carbonyl (C=O) groups excluding carboxylic acids is 1. The zero-order valence-electron chi connectivity index (χ0n) is 23.3. The van der Waals surface area contributed by atoms with Crippen LogP contribution in [0.25, 0.3) is 0 Å². The van der Waals surface area contributed by atoms with E-state index in [1.54, 1.807) is 55.5 Å². The summed E-state index contributed by atoms with van der Waals surface area (Å²) in [6.45, 7) is 1.56. The first-order valence-electron chi connectivity index (χ1n) is 11.8. The maximum absolute atomic E-state index is 12.4. The molecule has 0 saturated heterocycles. The van der Waals surface area contributed by atoms with E-state index in [0.717, 1.165) is 0 Å². The summed E-state index contributed by atoms with van der Waals surface area (Å²) < 4.78 is 0. The van der Waals surface area contributed by atoms with E-state index in [0.29, 0.717) is 28.3 Å². The molecule has 43 heavy (non-hydrogen) atoms. The molecule has 4 aromatic carbocycles. The molecule has 0 bridgehead atoms. The van der Waals surface area contributed by atoms with Crippen LogP contribution in [-0.4, -0.2) is 97.5 Å². The zero-order chi connectivity index (χ0) is 29.5. The third kappa shape index (κ3) is 9.71. The van der Waals surface area contributed by atoms with Crippen LogP contribution in [0.5, 0.6) is 11.5 Å². The first kappa shape index (κ1) is 35.1. The number of urea groups is 1. The summed E-state index contributed by atoms with van der Waals surface area (Å²) in [6, 6.07) is 18.9. The minimum atomic E-state index is -1.28. The number of nitrogens with zero attached hydrogens (tertiary/aromatic N) is 4. The third-order valence-electron chi connectivity index (χ3n) is 5.54. The number of carboxylic acid groups (broad SMARTS) is 2. The van der Waals surface area contributed by atoms with Crippen LogP contribution in [0, 0.1) is 6.92 Å². The van der Waals surface area contributed by atoms with Crippen LogP contribution in [-0.2, 0) is 0 Å². The summed E-state index contributed by atoms with van der Waals surface area (Å²) in [6.07, 6.45) is 0. The van der Waals surface area contributed by atoms with Gasteiger partial charge in [-0.25, -0.2) is 14.4 Å². The number of hydrogen-bond acceptors (Lipinski definition) is 9. The molecular weight excluding hydrogens is 578 g/mol. The van der Waals surface area contributed by atoms with Crippen molar-refractivity contribution in [3.63, 3.8) is 0 Å². The van der Waals surface area contributed by atoms with E-state index < -0.39 is 18.0 Å². The van der Waals surface area contributed by atoms with E-state index in [2.05, 4.69) is 31.1 Å². The molecule has 13 nitrogen and oxygen atoms in total. The number of azo groups is 2. The first-order valence-corrected chi connectivity index (χ1v) is 11.8. The van der Waals surface area contributed by atoms with Crippen molar-refractivity contribution in [3.05, 3.63) is 95.6 Å². The van der Waals surface area contributed by atoms with Crippen molar-refractivity contribution < 1.29 is 34.8 Å². The average Bonchev–Trinajstić information content (AvgIpc) is 2.94. The van der Waals surface area contributed by atoms with Crippen LogP contribution in [0.2, 0.25) is 0 Å². The Balaban J connectivity index is 0.00000323. The number of hydrogen-bond donors (Lipinski definition) is 6. The van der Waals surface area contributed by atoms with Crippen molar-refractivity contribution in [1.29, 1.82) is 0 Å². The molecule has 15 heteroatoms. The molecule has 2 amide bonds. The SMILES string of the molecule is Cc1cc(N=Nc2ccc(NC(=O)Nc3ccc(N=Nc4ccc(O)c(C(=O)O)c4)cc3)cc2)cc(C(=O)O)c1O.[Na].[Na]. The average molecular weight is 600 g/mol. The number of carboxylic acids is 2. The molecule has 0 atom stereocenters. The van der Waals surface area contributed by atoms with Crippen LogP contribution in [0.1, 0.15) is 26.3 Å². The summed E-state index contributed by atoms with van der Waals surface area (Å²) in [5.41, 5.74) is 2.18. The second-order valence-corrected chi connectivity index (χ2v) is 8.54. The van der Waals surface area contributed by atoms with E-state index in [1.165, 1.54) is 30.3 Å². The number of benzene rings is 4. The molecule has 0 heterocycles. The molecule has 0 spiro atoms. The maximum Gasteiger partial charge on any atom is 0.339 e. The Bertz CT molecular complexity index is 1700. The largest absolute Gasteiger partial charge is 0.507 e. The smallest absolute Gasteiger partial charge is 0.339 e. The number of nitrogens with one attached hydrogen (secondary N) is 2. The molecular formula is C28H22N6Na2O7. The van der Waals surface area contributed by atoms with Gasteiger partial charge in [0.25, 0.3) is 0 Å². The number of rotatable bonds is 8. The Kier molecular flexibility index (Phi) is 13.0. The predicted octanol–water partition coefficient (Wildman–Crippen LogP) is 6.52. The molecule has 0 unspecified atom stereocenters. The van der Waals surface area contributed by atoms with Gasteiger partial charge in [0, 0.05) is 70.5 Å². The van der Waals surface area contributed by atoms with Crippen molar-refractivity contribution in [2.45, 2.75) is 6.92 Å². The van der Waals surface area contributed by atoms with Gasteiger partial charge in [0.05, 0.1) is 22.7 Å². The number of amides is 2. The van der Waals surface area contributed by atoms with Crippen molar-refractivity contribution in [3.8, 4) is 11.5 Å². The van der Waals surface area contributed by atoms with Crippen LogP contribution in [0.4, 0.5) is 38.9 Å². The normalized spacial score (nSPS) is 10.5. The number of aromatic carboxylic acids is 2. The molecule has 0 fully saturated rings. The van der Waals surface area contributed by atoms with E-state index >= 15 is 0 Å². The van der Waals surface area contributed by atoms with Gasteiger partial charge >= 0.3 is 18.0 Å². The Morgan fingerprint density at radius 2 is 1.00 bits per heavy atom. The van der Waals surface area contributed by atoms with Gasteiger partial charge in [0.2, 0.25) is 0 Å². The van der Waals surface area contributed by atoms with Gasteiger partial charge in [0.15, 0.2) is 0 Å². The molecule has 0 aliphatic rings. The summed E-state index contributed by atoms with van der Waals surface area (Å²) >= 11 is 0. The quantitative estimate of drug-likeness (QED) is 0.0974. The molecule has 0 aliphatic heterocycles. The van der Waals surface area contributed by atoms with E-state index in [-0.39, 0.29) is 93.1 Å². The van der Waals surface area contributed by atoms with Crippen molar-refractivity contribution in [2.75, 3.05) is 10.6 Å². The van der Waals surface area contributed by atoms with Gasteiger partial charge in [-0.15, -0.1) is 0 Å². The van der Waals surface area contributed by atoms with Gasteiger partial charge in [-0.3, -0.25) is 0 Å². The first-order chi connectivity index (χ1) is 19.6. The molecule has 2 radical (unpaired) electrons. The molecule has 6 N–H and O–H groups in total. The summed E-state index contributed by atoms with van der Waals surface area (Å²) in [4.78, 5) is 34.8. The minimum Gasteiger partial charge on any atom is -0.507 e. The fraction of sp³-hybridized carbons (Fsp3) is 0.0357. The van der Waals surface area contributed by atoms with E-state index in [9.17, 15) is 29.7 Å². The number of carbonyl (C=O) groups is 3. The van der Waals surface area contributed by atoms with Crippen LogP contribution < -0.4 is 10.6 Å². The van der Waals surface area contributed by atoms with Gasteiger partial charge in [-0.2, -0.15) is 20.5 Å². The molecule has 4 rings (SSSR count). The third-order valence-corrected chi connectivity index (χ3v) is 5.54. The molecule has 0 aromatic heterocycles. The molecule has 4 aromatic rings. The number of phenols is 2. The predicted molar refractivity (Wildman–Crippen MR) is 160 cm³/mol. The molecule has 0 saturated carbocycles. The minimum absolute atomic E-state index is 0. The maximum atomic E-state index is 12.4. The van der Waals surface area contributed by atoms with Crippen LogP contribution in [0.15, 0.2) is 99.3 Å². The van der Waals surface area contributed by atoms with Crippen molar-refractivity contribution in [2.24, 2.45) is 20.5 Å². The molecule has 208 valence electrons. The van der Waals surface area contributed by atoms with Gasteiger partial charge in [-0.05, 0) is 91.3 Å². The number of aryl methyl sites for hydroxylation is 1. The Hall–Kier alpha value is -4.11. The van der Waals surface area contributed by atoms with Gasteiger partial charge in [0.1, 0.15) is 22.6 Å². The topological polar surface area (TPSA) is 206 Å². The van der Waals surface area contributed by atoms with Gasteiger partial charge in [-0.1, -0.05) is 0 Å². The Morgan fingerprint density at radius 1 is 0.581 bits per heavy atom. The van der Waals surface area contributed by atoms with E-state index in [1.807, 2.05) is 0 Å². The number of anilines is 2. The van der Waals surface area contributed by atoms with Crippen molar-refractivity contribution in [1.82, 2.24) is 0 Å². The second kappa shape index (κ2) is 15.9. The van der Waals surface area contributed by atoms with Crippen LogP contribution in [0.3, 0.4) is 0 Å². The summed E-state index contributed by atoms with van der Waals surface area (Å²) in [5, 5.41) is 59.1. The Morgan fingerprint density at radius 3 is 1.49 bits per heavy atom. The summed E-state index contributed by atoms with van der Waals surface area (Å²) in [5.74, 6) is -3.26. The monoisotopic (exact) mass is 600 g/mol. The molecule has 0 aliphatic carbocycles. The number of aromatic hydroxyl groups is 2. The van der Waals surface area contributed by atoms with E-state index in [4.69, 9.17) is 5.11 Å². The summed E-state index contributed by atoms with van der Waals surface area (Å²) in [7, 11) is 0. The van der Waals surface area contributed by atoms with Crippen LogP contribution >= 0.6 is 0 Å². The van der Waals surface area contributed by atoms with Crippen molar-refractivity contribution >= 4 is 111 Å². The Labute approximate surface area is 289 Å². The standard InChI is InChI=1S/C28H22N6O7.2Na/c1-15-12-21(14-23(25(15)36)27(39)40)34-32-19-8-4-17(5-9-19)30-28(41)29-16-2-6-18(7-3-16)31-33-20-10-11-24(35)22(13-20)26(37)38;;/h2-14,35-36H,1H3,(H,37,38)(H,39,40)(H2,29,30,41);;.